The number of hydrogen-bond donors (Lipinski definition) is 3. The molecule has 4 aromatic rings. The van der Waals surface area contributed by atoms with E-state index >= 15 is 0 Å². The third-order valence-electron chi connectivity index (χ3n) is 6.03. The first kappa shape index (κ1) is 22.9. The minimum absolute atomic E-state index is 0.213. The SMILES string of the molecule is C=CC(=O)Nc1ccccc1C1CCNc2c(C(N)=O)c(-c3ccc(Oc4ccccc4)cc3)nn21. The molecule has 1 aliphatic rings. The van der Waals surface area contributed by atoms with Crippen molar-refractivity contribution in [1.82, 2.24) is 9.78 Å². The Labute approximate surface area is 208 Å². The number of nitrogens with zero attached hydrogens (tertiary/aromatic N) is 2. The van der Waals surface area contributed by atoms with Crippen molar-refractivity contribution in [2.75, 3.05) is 17.2 Å². The average Bonchev–Trinajstić information content (AvgIpc) is 3.30. The number of primary amides is 1. The number of amides is 2. The summed E-state index contributed by atoms with van der Waals surface area (Å²) in [6, 6.07) is 24.2. The van der Waals surface area contributed by atoms with Crippen LogP contribution in [0, 0.1) is 0 Å². The van der Waals surface area contributed by atoms with E-state index in [1.54, 1.807) is 4.68 Å². The molecule has 3 aromatic carbocycles. The molecular weight excluding hydrogens is 454 g/mol. The highest BCUT2D eigenvalue weighted by Gasteiger charge is 2.31. The van der Waals surface area contributed by atoms with Crippen LogP contribution in [0.3, 0.4) is 0 Å². The second-order valence-corrected chi connectivity index (χ2v) is 8.33. The lowest BCUT2D eigenvalue weighted by Gasteiger charge is -2.28. The van der Waals surface area contributed by atoms with Gasteiger partial charge in [0.15, 0.2) is 0 Å². The summed E-state index contributed by atoms with van der Waals surface area (Å²) in [6.45, 7) is 4.15. The molecule has 2 heterocycles. The fourth-order valence-electron chi connectivity index (χ4n) is 4.39. The number of carbonyl (C=O) groups excluding carboxylic acids is 2. The number of para-hydroxylation sites is 2. The van der Waals surface area contributed by atoms with Gasteiger partial charge in [0.1, 0.15) is 28.6 Å². The molecule has 1 atom stereocenters. The maximum atomic E-state index is 12.6. The van der Waals surface area contributed by atoms with Crippen LogP contribution in [0.1, 0.15) is 28.4 Å². The van der Waals surface area contributed by atoms with Crippen molar-refractivity contribution in [1.29, 1.82) is 0 Å². The van der Waals surface area contributed by atoms with Gasteiger partial charge in [0, 0.05) is 23.4 Å². The highest BCUT2D eigenvalue weighted by molar-refractivity contribution is 6.04. The topological polar surface area (TPSA) is 111 Å². The molecule has 8 nitrogen and oxygen atoms in total. The number of aromatic nitrogens is 2. The first-order valence-electron chi connectivity index (χ1n) is 11.6. The number of rotatable bonds is 7. The summed E-state index contributed by atoms with van der Waals surface area (Å²) in [4.78, 5) is 24.6. The fourth-order valence-corrected chi connectivity index (χ4v) is 4.39. The van der Waals surface area contributed by atoms with E-state index in [-0.39, 0.29) is 11.9 Å². The Kier molecular flexibility index (Phi) is 6.23. The van der Waals surface area contributed by atoms with Crippen molar-refractivity contribution in [2.45, 2.75) is 12.5 Å². The number of nitrogens with one attached hydrogen (secondary N) is 2. The van der Waals surface area contributed by atoms with Gasteiger partial charge in [-0.3, -0.25) is 9.59 Å². The molecule has 1 unspecified atom stereocenters. The molecule has 8 heteroatoms. The van der Waals surface area contributed by atoms with Gasteiger partial charge in [-0.25, -0.2) is 4.68 Å². The highest BCUT2D eigenvalue weighted by Crippen LogP contribution is 2.39. The largest absolute Gasteiger partial charge is 0.457 e. The zero-order valence-corrected chi connectivity index (χ0v) is 19.5. The van der Waals surface area contributed by atoms with E-state index in [9.17, 15) is 9.59 Å². The van der Waals surface area contributed by atoms with Crippen molar-refractivity contribution in [3.63, 3.8) is 0 Å². The van der Waals surface area contributed by atoms with E-state index < -0.39 is 5.91 Å². The molecule has 4 N–H and O–H groups in total. The third-order valence-corrected chi connectivity index (χ3v) is 6.03. The zero-order chi connectivity index (χ0) is 25.1. The van der Waals surface area contributed by atoms with Gasteiger partial charge in [-0.05, 0) is 55.0 Å². The number of anilines is 2. The van der Waals surface area contributed by atoms with Gasteiger partial charge in [0.25, 0.3) is 5.91 Å². The molecule has 0 fully saturated rings. The summed E-state index contributed by atoms with van der Waals surface area (Å²) in [5.74, 6) is 1.08. The molecule has 1 aromatic heterocycles. The highest BCUT2D eigenvalue weighted by atomic mass is 16.5. The molecule has 0 aliphatic carbocycles. The van der Waals surface area contributed by atoms with Crippen molar-refractivity contribution >= 4 is 23.3 Å². The summed E-state index contributed by atoms with van der Waals surface area (Å²) in [6.07, 6.45) is 1.93. The van der Waals surface area contributed by atoms with Crippen LogP contribution in [0.5, 0.6) is 11.5 Å². The van der Waals surface area contributed by atoms with E-state index in [0.29, 0.717) is 41.5 Å². The van der Waals surface area contributed by atoms with E-state index in [1.165, 1.54) is 6.08 Å². The van der Waals surface area contributed by atoms with Gasteiger partial charge < -0.3 is 21.1 Å². The quantitative estimate of drug-likeness (QED) is 0.324. The van der Waals surface area contributed by atoms with Crippen LogP contribution >= 0.6 is 0 Å². The van der Waals surface area contributed by atoms with Crippen molar-refractivity contribution in [3.8, 4) is 22.8 Å². The van der Waals surface area contributed by atoms with Gasteiger partial charge in [-0.2, -0.15) is 5.10 Å². The van der Waals surface area contributed by atoms with Crippen molar-refractivity contribution in [3.05, 3.63) is 103 Å². The van der Waals surface area contributed by atoms with Crippen LogP contribution in [0.2, 0.25) is 0 Å². The molecule has 180 valence electrons. The minimum Gasteiger partial charge on any atom is -0.457 e. The third kappa shape index (κ3) is 4.44. The Morgan fingerprint density at radius 1 is 1.03 bits per heavy atom. The molecule has 5 rings (SSSR count). The Bertz CT molecular complexity index is 1430. The van der Waals surface area contributed by atoms with E-state index in [1.807, 2.05) is 78.9 Å². The Morgan fingerprint density at radius 2 is 1.72 bits per heavy atom. The molecule has 0 bridgehead atoms. The van der Waals surface area contributed by atoms with Gasteiger partial charge in [0.2, 0.25) is 5.91 Å². The number of carbonyl (C=O) groups is 2. The second kappa shape index (κ2) is 9.79. The van der Waals surface area contributed by atoms with Crippen LogP contribution in [-0.4, -0.2) is 28.1 Å². The van der Waals surface area contributed by atoms with Gasteiger partial charge >= 0.3 is 0 Å². The lowest BCUT2D eigenvalue weighted by Crippen LogP contribution is -2.27. The summed E-state index contributed by atoms with van der Waals surface area (Å²) in [7, 11) is 0. The van der Waals surface area contributed by atoms with Gasteiger partial charge in [-0.15, -0.1) is 0 Å². The standard InChI is InChI=1S/C28H25N5O3/c1-2-24(34)31-22-11-7-6-10-21(22)23-16-17-30-28-25(27(29)35)26(32-33(23)28)18-12-14-20(15-13-18)36-19-8-4-3-5-9-19/h2-15,23,30H,1,16-17H2,(H2,29,35)(H,31,34). The van der Waals surface area contributed by atoms with Crippen molar-refractivity contribution < 1.29 is 14.3 Å². The lowest BCUT2D eigenvalue weighted by molar-refractivity contribution is -0.111. The Balaban J connectivity index is 1.53. The first-order chi connectivity index (χ1) is 17.5. The van der Waals surface area contributed by atoms with E-state index in [4.69, 9.17) is 15.6 Å². The first-order valence-corrected chi connectivity index (χ1v) is 11.6. The maximum Gasteiger partial charge on any atom is 0.254 e. The Hall–Kier alpha value is -4.85. The van der Waals surface area contributed by atoms with Crippen LogP contribution in [-0.2, 0) is 4.79 Å². The fraction of sp³-hybridized carbons (Fsp3) is 0.107. The lowest BCUT2D eigenvalue weighted by atomic mass is 9.99. The predicted molar refractivity (Wildman–Crippen MR) is 139 cm³/mol. The number of ether oxygens (including phenoxy) is 1. The number of nitrogens with two attached hydrogens (primary N) is 1. The van der Waals surface area contributed by atoms with Crippen LogP contribution < -0.4 is 21.1 Å². The average molecular weight is 480 g/mol. The summed E-state index contributed by atoms with van der Waals surface area (Å²) >= 11 is 0. The molecule has 0 spiro atoms. The minimum atomic E-state index is -0.572. The summed E-state index contributed by atoms with van der Waals surface area (Å²) < 4.78 is 7.67. The Morgan fingerprint density at radius 3 is 2.44 bits per heavy atom. The van der Waals surface area contributed by atoms with E-state index in [0.717, 1.165) is 16.9 Å². The summed E-state index contributed by atoms with van der Waals surface area (Å²) in [5, 5.41) is 11.0. The van der Waals surface area contributed by atoms with Crippen LogP contribution in [0.25, 0.3) is 11.3 Å². The van der Waals surface area contributed by atoms with Gasteiger partial charge in [-0.1, -0.05) is 43.0 Å². The normalized spacial score (nSPS) is 14.3. The molecule has 1 aliphatic heterocycles. The van der Waals surface area contributed by atoms with Crippen LogP contribution in [0.4, 0.5) is 11.5 Å². The molecule has 0 saturated carbocycles. The van der Waals surface area contributed by atoms with Crippen LogP contribution in [0.15, 0.2) is 91.5 Å². The molecule has 0 saturated heterocycles. The van der Waals surface area contributed by atoms with Crippen molar-refractivity contribution in [2.24, 2.45) is 5.73 Å². The smallest absolute Gasteiger partial charge is 0.254 e. The molecule has 36 heavy (non-hydrogen) atoms. The second-order valence-electron chi connectivity index (χ2n) is 8.33. The maximum absolute atomic E-state index is 12.6. The zero-order valence-electron chi connectivity index (χ0n) is 19.5. The monoisotopic (exact) mass is 479 g/mol. The number of hydrogen-bond acceptors (Lipinski definition) is 5. The van der Waals surface area contributed by atoms with E-state index in [2.05, 4.69) is 17.2 Å². The number of fused-ring (bicyclic) bond motifs is 1. The van der Waals surface area contributed by atoms with Gasteiger partial charge in [0.05, 0.1) is 6.04 Å². The summed E-state index contributed by atoms with van der Waals surface area (Å²) in [5.41, 5.74) is 8.92. The molecule has 0 radical (unpaired) electrons. The number of benzene rings is 3. The predicted octanol–water partition coefficient (Wildman–Crippen LogP) is 4.97. The molecule has 2 amide bonds. The molecular formula is C28H25N5O3.